The van der Waals surface area contributed by atoms with E-state index in [-0.39, 0.29) is 12.2 Å². The van der Waals surface area contributed by atoms with Crippen LogP contribution in [0.2, 0.25) is 0 Å². The van der Waals surface area contributed by atoms with Crippen LogP contribution in [0.1, 0.15) is 16.7 Å². The fourth-order valence-electron chi connectivity index (χ4n) is 3.09. The lowest BCUT2D eigenvalue weighted by Gasteiger charge is -2.12. The maximum atomic E-state index is 13.2. The van der Waals surface area contributed by atoms with Crippen molar-refractivity contribution in [1.29, 1.82) is 0 Å². The number of nitrogens with zero attached hydrogens (tertiary/aromatic N) is 1. The van der Waals surface area contributed by atoms with E-state index in [4.69, 9.17) is 13.7 Å². The van der Waals surface area contributed by atoms with Gasteiger partial charge in [-0.15, -0.1) is 0 Å². The third-order valence-electron chi connectivity index (χ3n) is 4.76. The van der Waals surface area contributed by atoms with Crippen LogP contribution in [-0.4, -0.2) is 34.8 Å². The van der Waals surface area contributed by atoms with Crippen LogP contribution in [0, 0.1) is 0 Å². The summed E-state index contributed by atoms with van der Waals surface area (Å²) >= 11 is 0. The highest BCUT2D eigenvalue weighted by Crippen LogP contribution is 2.32. The molecule has 3 aromatic carbocycles. The van der Waals surface area contributed by atoms with Gasteiger partial charge in [0.15, 0.2) is 11.5 Å². The van der Waals surface area contributed by atoms with Gasteiger partial charge in [0, 0.05) is 5.56 Å². The maximum Gasteiger partial charge on any atom is 0.416 e. The first-order valence-corrected chi connectivity index (χ1v) is 11.7. The standard InChI is InChI=1S/C24H21F3N2O6S/c1-33-20-10-8-16(12-21(20)34-2)13-23(30)29-28-15-17-14-18(24(25,26)27)9-11-22(17)36(31,32)35-19-6-4-3-5-7-19/h3-12,14-15H,13H2,1-2H3,(H,29,30)/b28-15+. The number of benzene rings is 3. The quantitative estimate of drug-likeness (QED) is 0.257. The SMILES string of the molecule is COc1ccc(CC(=O)N/N=C/c2cc(C(F)(F)F)ccc2S(=O)(=O)Oc2ccccc2)cc1OC. The van der Waals surface area contributed by atoms with Gasteiger partial charge in [-0.05, 0) is 48.0 Å². The summed E-state index contributed by atoms with van der Waals surface area (Å²) in [7, 11) is -1.61. The number of carbonyl (C=O) groups excluding carboxylic acids is 1. The summed E-state index contributed by atoms with van der Waals surface area (Å²) in [6, 6.07) is 14.3. The summed E-state index contributed by atoms with van der Waals surface area (Å²) in [5.41, 5.74) is 1.21. The topological polar surface area (TPSA) is 103 Å². The predicted molar refractivity (Wildman–Crippen MR) is 125 cm³/mol. The molecule has 0 bridgehead atoms. The number of carbonyl (C=O) groups is 1. The van der Waals surface area contributed by atoms with Gasteiger partial charge in [-0.25, -0.2) is 5.43 Å². The molecule has 3 rings (SSSR count). The van der Waals surface area contributed by atoms with Crippen molar-refractivity contribution in [2.24, 2.45) is 5.10 Å². The number of ether oxygens (including phenoxy) is 2. The summed E-state index contributed by atoms with van der Waals surface area (Å²) in [6.45, 7) is 0. The zero-order valence-corrected chi connectivity index (χ0v) is 19.9. The smallest absolute Gasteiger partial charge is 0.416 e. The zero-order chi connectivity index (χ0) is 26.3. The Morgan fingerprint density at radius 3 is 2.31 bits per heavy atom. The number of hydrogen-bond acceptors (Lipinski definition) is 7. The molecule has 1 N–H and O–H groups in total. The molecule has 0 unspecified atom stereocenters. The molecule has 8 nitrogen and oxygen atoms in total. The molecule has 0 aliphatic carbocycles. The first-order valence-electron chi connectivity index (χ1n) is 10.3. The van der Waals surface area contributed by atoms with Crippen molar-refractivity contribution in [3.63, 3.8) is 0 Å². The highest BCUT2D eigenvalue weighted by atomic mass is 32.2. The third kappa shape index (κ3) is 6.75. The molecule has 0 aliphatic heterocycles. The average molecular weight is 523 g/mol. The molecule has 0 atom stereocenters. The minimum atomic E-state index is -4.73. The number of nitrogens with one attached hydrogen (secondary N) is 1. The number of hydrazone groups is 1. The molecular weight excluding hydrogens is 501 g/mol. The predicted octanol–water partition coefficient (Wildman–Crippen LogP) is 4.18. The zero-order valence-electron chi connectivity index (χ0n) is 19.1. The van der Waals surface area contributed by atoms with Crippen LogP contribution in [0.15, 0.2) is 76.7 Å². The summed E-state index contributed by atoms with van der Waals surface area (Å²) < 4.78 is 80.6. The van der Waals surface area contributed by atoms with Crippen molar-refractivity contribution in [3.8, 4) is 17.2 Å². The molecule has 190 valence electrons. The lowest BCUT2D eigenvalue weighted by Crippen LogP contribution is -2.20. The van der Waals surface area contributed by atoms with Gasteiger partial charge in [-0.3, -0.25) is 4.79 Å². The number of alkyl halides is 3. The van der Waals surface area contributed by atoms with E-state index in [1.165, 1.54) is 38.5 Å². The Labute approximate surface area is 205 Å². The monoisotopic (exact) mass is 522 g/mol. The second kappa shape index (κ2) is 11.1. The van der Waals surface area contributed by atoms with E-state index in [1.807, 2.05) is 0 Å². The molecule has 0 radical (unpaired) electrons. The van der Waals surface area contributed by atoms with E-state index >= 15 is 0 Å². The van der Waals surface area contributed by atoms with E-state index < -0.39 is 38.2 Å². The number of hydrogen-bond donors (Lipinski definition) is 1. The summed E-state index contributed by atoms with van der Waals surface area (Å²) in [6.07, 6.45) is -4.06. The van der Waals surface area contributed by atoms with E-state index in [1.54, 1.807) is 24.3 Å². The molecule has 12 heteroatoms. The normalized spacial score (nSPS) is 11.8. The number of methoxy groups -OCH3 is 2. The molecule has 0 spiro atoms. The molecule has 0 fully saturated rings. The number of rotatable bonds is 9. The van der Waals surface area contributed by atoms with Crippen molar-refractivity contribution in [2.75, 3.05) is 14.2 Å². The molecular formula is C24H21F3N2O6S. The van der Waals surface area contributed by atoms with Gasteiger partial charge in [0.05, 0.1) is 32.4 Å². The highest BCUT2D eigenvalue weighted by molar-refractivity contribution is 7.87. The van der Waals surface area contributed by atoms with E-state index in [0.29, 0.717) is 29.2 Å². The molecule has 3 aromatic rings. The first-order chi connectivity index (χ1) is 17.0. The van der Waals surface area contributed by atoms with Crippen molar-refractivity contribution in [1.82, 2.24) is 5.43 Å². The fraction of sp³-hybridized carbons (Fsp3) is 0.167. The van der Waals surface area contributed by atoms with E-state index in [9.17, 15) is 26.4 Å². The summed E-state index contributed by atoms with van der Waals surface area (Å²) in [5.74, 6) is 0.248. The van der Waals surface area contributed by atoms with Gasteiger partial charge in [0.1, 0.15) is 10.6 Å². The number of amides is 1. The minimum absolute atomic E-state index is 0.0245. The molecule has 0 aromatic heterocycles. The Hall–Kier alpha value is -4.06. The Morgan fingerprint density at radius 1 is 0.972 bits per heavy atom. The van der Waals surface area contributed by atoms with Crippen LogP contribution in [0.4, 0.5) is 13.2 Å². The minimum Gasteiger partial charge on any atom is -0.493 e. The van der Waals surface area contributed by atoms with Crippen molar-refractivity contribution < 1.29 is 40.0 Å². The van der Waals surface area contributed by atoms with Gasteiger partial charge >= 0.3 is 16.3 Å². The van der Waals surface area contributed by atoms with E-state index in [0.717, 1.165) is 12.3 Å². The van der Waals surface area contributed by atoms with Gasteiger partial charge in [0.25, 0.3) is 0 Å². The Balaban J connectivity index is 1.83. The van der Waals surface area contributed by atoms with Crippen LogP contribution in [0.3, 0.4) is 0 Å². The highest BCUT2D eigenvalue weighted by Gasteiger charge is 2.32. The largest absolute Gasteiger partial charge is 0.493 e. The number of para-hydroxylation sites is 1. The van der Waals surface area contributed by atoms with Gasteiger partial charge in [0.2, 0.25) is 5.91 Å². The maximum absolute atomic E-state index is 13.2. The second-order valence-corrected chi connectivity index (χ2v) is 8.77. The van der Waals surface area contributed by atoms with Gasteiger partial charge < -0.3 is 13.7 Å². The van der Waals surface area contributed by atoms with Crippen molar-refractivity contribution in [2.45, 2.75) is 17.5 Å². The number of halogens is 3. The van der Waals surface area contributed by atoms with Gasteiger partial charge in [-0.1, -0.05) is 24.3 Å². The Bertz CT molecular complexity index is 1360. The van der Waals surface area contributed by atoms with Crippen LogP contribution in [0.25, 0.3) is 0 Å². The third-order valence-corrected chi connectivity index (χ3v) is 6.08. The van der Waals surface area contributed by atoms with Crippen LogP contribution in [-0.2, 0) is 27.5 Å². The first kappa shape index (κ1) is 26.5. The molecule has 1 amide bonds. The molecule has 0 saturated heterocycles. The summed E-state index contributed by atoms with van der Waals surface area (Å²) in [4.78, 5) is 11.7. The van der Waals surface area contributed by atoms with Crippen LogP contribution >= 0.6 is 0 Å². The average Bonchev–Trinajstić information content (AvgIpc) is 2.83. The molecule has 0 aliphatic rings. The van der Waals surface area contributed by atoms with Crippen molar-refractivity contribution in [3.05, 3.63) is 83.4 Å². The molecule has 0 saturated carbocycles. The molecule has 0 heterocycles. The van der Waals surface area contributed by atoms with Crippen molar-refractivity contribution >= 4 is 22.2 Å². The Kier molecular flexibility index (Phi) is 8.20. The second-order valence-electron chi connectivity index (χ2n) is 7.26. The summed E-state index contributed by atoms with van der Waals surface area (Å²) in [5, 5.41) is 3.65. The lowest BCUT2D eigenvalue weighted by molar-refractivity contribution is -0.137. The van der Waals surface area contributed by atoms with Crippen LogP contribution < -0.4 is 19.1 Å². The molecule has 36 heavy (non-hydrogen) atoms. The Morgan fingerprint density at radius 2 is 1.67 bits per heavy atom. The fourth-order valence-corrected chi connectivity index (χ4v) is 4.18. The van der Waals surface area contributed by atoms with Gasteiger partial charge in [-0.2, -0.15) is 26.7 Å². The van der Waals surface area contributed by atoms with E-state index in [2.05, 4.69) is 10.5 Å². The van der Waals surface area contributed by atoms with Crippen LogP contribution in [0.5, 0.6) is 17.2 Å². The lowest BCUT2D eigenvalue weighted by atomic mass is 10.1.